The van der Waals surface area contributed by atoms with E-state index in [1.807, 2.05) is 30.3 Å². The average Bonchev–Trinajstić information content (AvgIpc) is 3.04. The normalized spacial score (nSPS) is 18.7. The van der Waals surface area contributed by atoms with Gasteiger partial charge in [-0.15, -0.1) is 0 Å². The van der Waals surface area contributed by atoms with E-state index in [0.717, 1.165) is 16.1 Å². The molecule has 3 N–H and O–H groups in total. The fourth-order valence-electron chi connectivity index (χ4n) is 4.44. The third-order valence-electron chi connectivity index (χ3n) is 5.79. The SMILES string of the molecule is N#CC1=C(N)Oc2c(oc(CO)cc2=O)[C@@]12C(=O)N(Cc1cccc(Br)c1)c1ccccc12. The van der Waals surface area contributed by atoms with Crippen molar-refractivity contribution in [2.24, 2.45) is 5.73 Å². The molecule has 0 saturated carbocycles. The summed E-state index contributed by atoms with van der Waals surface area (Å²) in [6.45, 7) is -0.368. The van der Waals surface area contributed by atoms with Crippen LogP contribution in [0.3, 0.4) is 0 Å². The molecule has 0 fully saturated rings. The summed E-state index contributed by atoms with van der Waals surface area (Å²) in [5, 5.41) is 19.7. The molecule has 0 saturated heterocycles. The van der Waals surface area contributed by atoms with Crippen molar-refractivity contribution < 1.29 is 19.1 Å². The van der Waals surface area contributed by atoms with Crippen molar-refractivity contribution in [3.8, 4) is 11.8 Å². The standard InChI is InChI=1S/C24H16BrN3O5/c25-14-5-3-4-13(8-14)11-28-18-7-2-1-6-16(18)24(23(28)31)17(10-26)22(27)33-20-19(30)9-15(12-29)32-21(20)24/h1-9,29H,11-12,27H2/t24-/m0/s1. The van der Waals surface area contributed by atoms with E-state index < -0.39 is 23.4 Å². The van der Waals surface area contributed by atoms with Crippen LogP contribution in [0.2, 0.25) is 0 Å². The van der Waals surface area contributed by atoms with Crippen LogP contribution in [-0.4, -0.2) is 11.0 Å². The summed E-state index contributed by atoms with van der Waals surface area (Å²) in [5.41, 5.74) is 5.28. The Kier molecular flexibility index (Phi) is 4.85. The molecule has 2 aliphatic rings. The number of aliphatic hydroxyl groups is 1. The van der Waals surface area contributed by atoms with Crippen LogP contribution >= 0.6 is 15.9 Å². The minimum atomic E-state index is -1.82. The Morgan fingerprint density at radius 1 is 1.15 bits per heavy atom. The van der Waals surface area contributed by atoms with Crippen molar-refractivity contribution in [3.63, 3.8) is 0 Å². The monoisotopic (exact) mass is 505 g/mol. The number of nitrogens with two attached hydrogens (primary N) is 1. The molecule has 0 radical (unpaired) electrons. The van der Waals surface area contributed by atoms with Crippen molar-refractivity contribution in [3.05, 3.63) is 103 Å². The molecule has 0 unspecified atom stereocenters. The molecule has 3 aromatic rings. The van der Waals surface area contributed by atoms with Gasteiger partial charge in [-0.1, -0.05) is 46.3 Å². The van der Waals surface area contributed by atoms with Gasteiger partial charge in [0.1, 0.15) is 24.0 Å². The van der Waals surface area contributed by atoms with Gasteiger partial charge in [0.05, 0.1) is 6.54 Å². The summed E-state index contributed by atoms with van der Waals surface area (Å²) >= 11 is 3.44. The Labute approximate surface area is 196 Å². The van der Waals surface area contributed by atoms with Crippen molar-refractivity contribution in [2.45, 2.75) is 18.6 Å². The number of ether oxygens (including phenoxy) is 1. The van der Waals surface area contributed by atoms with Crippen LogP contribution in [0.15, 0.2) is 79.7 Å². The van der Waals surface area contributed by atoms with Gasteiger partial charge in [0, 0.05) is 21.8 Å². The molecule has 3 heterocycles. The average molecular weight is 506 g/mol. The van der Waals surface area contributed by atoms with Crippen LogP contribution in [0.25, 0.3) is 0 Å². The van der Waals surface area contributed by atoms with Gasteiger partial charge in [-0.25, -0.2) is 0 Å². The molecule has 2 aromatic carbocycles. The first-order valence-corrected chi connectivity index (χ1v) is 10.7. The lowest BCUT2D eigenvalue weighted by molar-refractivity contribution is -0.121. The first kappa shape index (κ1) is 21.0. The van der Waals surface area contributed by atoms with E-state index in [0.29, 0.717) is 11.3 Å². The third kappa shape index (κ3) is 2.92. The molecule has 1 amide bonds. The second-order valence-corrected chi connectivity index (χ2v) is 8.55. The molecule has 9 heteroatoms. The Morgan fingerprint density at radius 2 is 1.94 bits per heavy atom. The van der Waals surface area contributed by atoms with E-state index in [9.17, 15) is 20.0 Å². The maximum Gasteiger partial charge on any atom is 0.251 e. The van der Waals surface area contributed by atoms with Gasteiger partial charge >= 0.3 is 0 Å². The largest absolute Gasteiger partial charge is 0.457 e. The number of aliphatic hydroxyl groups excluding tert-OH is 1. The predicted molar refractivity (Wildman–Crippen MR) is 121 cm³/mol. The van der Waals surface area contributed by atoms with Crippen LogP contribution in [0.4, 0.5) is 5.69 Å². The Balaban J connectivity index is 1.82. The Hall–Kier alpha value is -3.87. The number of fused-ring (bicyclic) bond motifs is 4. The Morgan fingerprint density at radius 3 is 2.67 bits per heavy atom. The maximum absolute atomic E-state index is 14.2. The van der Waals surface area contributed by atoms with Crippen LogP contribution in [-0.2, 0) is 23.4 Å². The molecule has 0 bridgehead atoms. The van der Waals surface area contributed by atoms with E-state index in [2.05, 4.69) is 15.9 Å². The van der Waals surface area contributed by atoms with Crippen LogP contribution in [0.5, 0.6) is 5.75 Å². The van der Waals surface area contributed by atoms with Crippen molar-refractivity contribution >= 4 is 27.5 Å². The number of carbonyl (C=O) groups excluding carboxylic acids is 1. The molecule has 1 aromatic heterocycles. The molecule has 5 rings (SSSR count). The summed E-state index contributed by atoms with van der Waals surface area (Å²) in [5.74, 6) is -1.36. The van der Waals surface area contributed by atoms with E-state index in [4.69, 9.17) is 14.9 Å². The van der Waals surface area contributed by atoms with E-state index in [-0.39, 0.29) is 35.3 Å². The molecular weight excluding hydrogens is 490 g/mol. The molecule has 0 aliphatic carbocycles. The number of carbonyl (C=O) groups is 1. The summed E-state index contributed by atoms with van der Waals surface area (Å²) < 4.78 is 12.1. The summed E-state index contributed by atoms with van der Waals surface area (Å²) in [7, 11) is 0. The number of halogens is 1. The number of rotatable bonds is 3. The number of amides is 1. The number of anilines is 1. The first-order chi connectivity index (χ1) is 15.9. The number of para-hydroxylation sites is 1. The van der Waals surface area contributed by atoms with Crippen molar-refractivity contribution in [1.82, 2.24) is 0 Å². The quantitative estimate of drug-likeness (QED) is 0.559. The summed E-state index contributed by atoms with van der Waals surface area (Å²) in [6.07, 6.45) is 0. The topological polar surface area (TPSA) is 130 Å². The fourth-order valence-corrected chi connectivity index (χ4v) is 4.89. The zero-order valence-corrected chi connectivity index (χ0v) is 18.6. The second kappa shape index (κ2) is 7.62. The lowest BCUT2D eigenvalue weighted by Crippen LogP contribution is -2.46. The van der Waals surface area contributed by atoms with Gasteiger partial charge in [0.15, 0.2) is 11.2 Å². The number of benzene rings is 2. The fraction of sp³-hybridized carbons (Fsp3) is 0.125. The van der Waals surface area contributed by atoms with Crippen molar-refractivity contribution in [2.75, 3.05) is 4.90 Å². The molecule has 8 nitrogen and oxygen atoms in total. The number of hydrogen-bond acceptors (Lipinski definition) is 7. The molecule has 2 aliphatic heterocycles. The lowest BCUT2D eigenvalue weighted by atomic mass is 9.72. The zero-order valence-electron chi connectivity index (χ0n) is 17.0. The van der Waals surface area contributed by atoms with Gasteiger partial charge in [0.2, 0.25) is 17.1 Å². The zero-order chi connectivity index (χ0) is 23.3. The number of nitriles is 1. The molecule has 33 heavy (non-hydrogen) atoms. The van der Waals surface area contributed by atoms with Crippen LogP contribution < -0.4 is 20.8 Å². The smallest absolute Gasteiger partial charge is 0.251 e. The van der Waals surface area contributed by atoms with Gasteiger partial charge in [-0.05, 0) is 23.8 Å². The molecular formula is C24H16BrN3O5. The summed E-state index contributed by atoms with van der Waals surface area (Å²) in [6, 6.07) is 17.5. The Bertz CT molecular complexity index is 1450. The summed E-state index contributed by atoms with van der Waals surface area (Å²) in [4.78, 5) is 28.5. The van der Waals surface area contributed by atoms with Gasteiger partial charge in [-0.2, -0.15) is 5.26 Å². The maximum atomic E-state index is 14.2. The third-order valence-corrected chi connectivity index (χ3v) is 6.28. The second-order valence-electron chi connectivity index (χ2n) is 7.63. The molecule has 164 valence electrons. The molecule has 1 spiro atoms. The highest BCUT2D eigenvalue weighted by molar-refractivity contribution is 9.10. The predicted octanol–water partition coefficient (Wildman–Crippen LogP) is 2.81. The highest BCUT2D eigenvalue weighted by atomic mass is 79.9. The number of hydrogen-bond donors (Lipinski definition) is 2. The van der Waals surface area contributed by atoms with Gasteiger partial charge < -0.3 is 24.9 Å². The highest BCUT2D eigenvalue weighted by Gasteiger charge is 2.61. The minimum absolute atomic E-state index is 0.0600. The van der Waals surface area contributed by atoms with E-state index in [1.165, 1.54) is 4.90 Å². The number of nitrogens with zero attached hydrogens (tertiary/aromatic N) is 2. The van der Waals surface area contributed by atoms with Gasteiger partial charge in [0.25, 0.3) is 5.91 Å². The van der Waals surface area contributed by atoms with Gasteiger partial charge in [-0.3, -0.25) is 9.59 Å². The van der Waals surface area contributed by atoms with Crippen LogP contribution in [0, 0.1) is 11.3 Å². The minimum Gasteiger partial charge on any atom is -0.457 e. The van der Waals surface area contributed by atoms with E-state index in [1.54, 1.807) is 24.3 Å². The lowest BCUT2D eigenvalue weighted by Gasteiger charge is -2.32. The van der Waals surface area contributed by atoms with E-state index >= 15 is 0 Å². The first-order valence-electron chi connectivity index (χ1n) is 9.94. The molecule has 1 atom stereocenters. The van der Waals surface area contributed by atoms with Crippen LogP contribution in [0.1, 0.15) is 22.6 Å². The van der Waals surface area contributed by atoms with Crippen molar-refractivity contribution in [1.29, 1.82) is 5.26 Å². The highest BCUT2D eigenvalue weighted by Crippen LogP contribution is 2.54.